The molecular formula is C20H21F6N3O4. The molecule has 0 spiro atoms. The molecule has 0 bridgehead atoms. The molecule has 33 heavy (non-hydrogen) atoms. The Balaban J connectivity index is 2.11. The number of ether oxygens (including phenoxy) is 1. The van der Waals surface area contributed by atoms with E-state index < -0.39 is 65.7 Å². The first-order valence-electron chi connectivity index (χ1n) is 9.89. The van der Waals surface area contributed by atoms with Gasteiger partial charge in [0.2, 0.25) is 11.8 Å². The van der Waals surface area contributed by atoms with Crippen molar-refractivity contribution in [3.8, 4) is 5.75 Å². The number of hydrogen-bond acceptors (Lipinski definition) is 4. The Bertz CT molecular complexity index is 977. The Hall–Kier alpha value is -2.99. The minimum absolute atomic E-state index is 0.00118. The molecule has 1 aliphatic carbocycles. The molecule has 7 nitrogen and oxygen atoms in total. The topological polar surface area (TPSA) is 102 Å². The number of amides is 3. The quantitative estimate of drug-likeness (QED) is 0.482. The summed E-state index contributed by atoms with van der Waals surface area (Å²) in [6, 6.07) is 1.06. The molecule has 13 heteroatoms. The van der Waals surface area contributed by atoms with Crippen molar-refractivity contribution in [3.63, 3.8) is 0 Å². The van der Waals surface area contributed by atoms with E-state index in [2.05, 4.69) is 5.32 Å². The average molecular weight is 481 g/mol. The summed E-state index contributed by atoms with van der Waals surface area (Å²) in [4.78, 5) is 38.0. The Morgan fingerprint density at radius 3 is 2.30 bits per heavy atom. The predicted molar refractivity (Wildman–Crippen MR) is 102 cm³/mol. The van der Waals surface area contributed by atoms with Gasteiger partial charge in [-0.05, 0) is 44.7 Å². The zero-order valence-corrected chi connectivity index (χ0v) is 17.5. The maximum Gasteiger partial charge on any atom is 0.455 e. The molecule has 2 aliphatic rings. The van der Waals surface area contributed by atoms with Gasteiger partial charge in [0.15, 0.2) is 0 Å². The van der Waals surface area contributed by atoms with Crippen LogP contribution in [-0.4, -0.2) is 53.4 Å². The zero-order chi connectivity index (χ0) is 24.9. The van der Waals surface area contributed by atoms with Crippen LogP contribution in [0.4, 0.5) is 32.0 Å². The van der Waals surface area contributed by atoms with E-state index in [0.29, 0.717) is 12.8 Å². The molecule has 1 aromatic rings. The summed E-state index contributed by atoms with van der Waals surface area (Å²) in [5.41, 5.74) is 2.77. The van der Waals surface area contributed by atoms with E-state index in [0.717, 1.165) is 32.0 Å². The molecule has 0 radical (unpaired) electrons. The maximum atomic E-state index is 14.1. The fourth-order valence-electron chi connectivity index (χ4n) is 3.43. The number of primary amides is 1. The first-order valence-corrected chi connectivity index (χ1v) is 9.89. The highest BCUT2D eigenvalue weighted by Gasteiger charge is 2.61. The van der Waals surface area contributed by atoms with Gasteiger partial charge in [0.05, 0.1) is 12.2 Å². The monoisotopic (exact) mass is 481 g/mol. The molecule has 1 aromatic carbocycles. The van der Waals surface area contributed by atoms with Crippen molar-refractivity contribution in [2.45, 2.75) is 50.9 Å². The number of hydrogen-bond donors (Lipinski definition) is 2. The van der Waals surface area contributed by atoms with Gasteiger partial charge in [-0.15, -0.1) is 0 Å². The molecule has 0 saturated heterocycles. The summed E-state index contributed by atoms with van der Waals surface area (Å²) >= 11 is 0. The maximum absolute atomic E-state index is 14.1. The second kappa shape index (κ2) is 8.10. The number of carbonyl (C=O) groups is 3. The van der Waals surface area contributed by atoms with E-state index in [4.69, 9.17) is 10.5 Å². The van der Waals surface area contributed by atoms with Crippen molar-refractivity contribution in [1.82, 2.24) is 4.90 Å². The van der Waals surface area contributed by atoms with Crippen LogP contribution >= 0.6 is 0 Å². The average Bonchev–Trinajstić information content (AvgIpc) is 3.51. The number of nitrogens with two attached hydrogens (primary N) is 1. The van der Waals surface area contributed by atoms with Crippen molar-refractivity contribution >= 4 is 23.4 Å². The van der Waals surface area contributed by atoms with Gasteiger partial charge in [-0.2, -0.15) is 22.0 Å². The highest BCUT2D eigenvalue weighted by Crippen LogP contribution is 2.43. The van der Waals surface area contributed by atoms with Gasteiger partial charge < -0.3 is 20.7 Å². The van der Waals surface area contributed by atoms with E-state index >= 15 is 0 Å². The van der Waals surface area contributed by atoms with Gasteiger partial charge in [-0.3, -0.25) is 14.4 Å². The normalized spacial score (nSPS) is 21.4. The summed E-state index contributed by atoms with van der Waals surface area (Å²) in [6.45, 7) is -0.356. The number of halogens is 6. The number of alkyl halides is 5. The number of rotatable bonds is 6. The van der Waals surface area contributed by atoms with Crippen molar-refractivity contribution in [2.75, 3.05) is 11.9 Å². The van der Waals surface area contributed by atoms with Crippen molar-refractivity contribution in [1.29, 1.82) is 0 Å². The molecule has 1 fully saturated rings. The molecule has 3 amide bonds. The third kappa shape index (κ3) is 4.71. The molecule has 1 aliphatic heterocycles. The molecule has 182 valence electrons. The zero-order valence-electron chi connectivity index (χ0n) is 17.5. The van der Waals surface area contributed by atoms with Crippen LogP contribution in [-0.2, 0) is 14.4 Å². The lowest BCUT2D eigenvalue weighted by Crippen LogP contribution is -2.63. The smallest absolute Gasteiger partial charge is 0.455 e. The SMILES string of the molecule is CC(C)(C(N)=O)C(=O)N(CC(F)(F)C(F)(F)F)[C@@H]1C(=O)Nc2cc(F)ccc2O[C@@H]1C1CC1. The largest absolute Gasteiger partial charge is 0.485 e. The molecule has 1 saturated carbocycles. The number of carbonyl (C=O) groups excluding carboxylic acids is 3. The standard InChI is InChI=1S/C20H21F6N3O4/c1-18(2,16(27)31)17(32)29(8-19(22,23)20(24,25)26)13-14(9-3-4-9)33-12-6-5-10(21)7-11(12)28-15(13)30/h5-7,9,13-14H,3-4,8H2,1-2H3,(H2,27,31)(H,28,30)/t13-,14+/m0/s1. The van der Waals surface area contributed by atoms with Crippen LogP contribution in [0.3, 0.4) is 0 Å². The lowest BCUT2D eigenvalue weighted by molar-refractivity contribution is -0.287. The third-order valence-corrected chi connectivity index (χ3v) is 5.66. The minimum Gasteiger partial charge on any atom is -0.485 e. The molecule has 3 N–H and O–H groups in total. The van der Waals surface area contributed by atoms with Gasteiger partial charge >= 0.3 is 12.1 Å². The second-order valence-electron chi connectivity index (χ2n) is 8.62. The lowest BCUT2D eigenvalue weighted by atomic mass is 9.88. The first-order chi connectivity index (χ1) is 15.1. The van der Waals surface area contributed by atoms with E-state index in [1.54, 1.807) is 0 Å². The van der Waals surface area contributed by atoms with Crippen LogP contribution in [0.5, 0.6) is 5.75 Å². The Kier molecular flexibility index (Phi) is 6.05. The van der Waals surface area contributed by atoms with Gasteiger partial charge in [-0.25, -0.2) is 4.39 Å². The summed E-state index contributed by atoms with van der Waals surface area (Å²) < 4.78 is 86.7. The van der Waals surface area contributed by atoms with Crippen LogP contribution in [0.1, 0.15) is 26.7 Å². The van der Waals surface area contributed by atoms with Crippen LogP contribution in [0.2, 0.25) is 0 Å². The first kappa shape index (κ1) is 24.6. The number of fused-ring (bicyclic) bond motifs is 1. The van der Waals surface area contributed by atoms with Crippen molar-refractivity contribution in [3.05, 3.63) is 24.0 Å². The Labute approximate surface area is 184 Å². The van der Waals surface area contributed by atoms with Crippen LogP contribution in [0.25, 0.3) is 0 Å². The number of nitrogens with zero attached hydrogens (tertiary/aromatic N) is 1. The van der Waals surface area contributed by atoms with Crippen molar-refractivity contribution < 1.29 is 45.5 Å². The second-order valence-corrected chi connectivity index (χ2v) is 8.62. The number of anilines is 1. The molecule has 0 aromatic heterocycles. The third-order valence-electron chi connectivity index (χ3n) is 5.66. The Morgan fingerprint density at radius 2 is 1.79 bits per heavy atom. The van der Waals surface area contributed by atoms with E-state index in [1.807, 2.05) is 0 Å². The summed E-state index contributed by atoms with van der Waals surface area (Å²) in [7, 11) is 0. The molecule has 2 atom stereocenters. The lowest BCUT2D eigenvalue weighted by Gasteiger charge is -2.39. The summed E-state index contributed by atoms with van der Waals surface area (Å²) in [5.74, 6) is -10.7. The van der Waals surface area contributed by atoms with E-state index in [-0.39, 0.29) is 16.3 Å². The minimum atomic E-state index is -6.05. The van der Waals surface area contributed by atoms with Gasteiger partial charge in [0.25, 0.3) is 5.91 Å². The predicted octanol–water partition coefficient (Wildman–Crippen LogP) is 2.84. The Morgan fingerprint density at radius 1 is 1.18 bits per heavy atom. The fraction of sp³-hybridized carbons (Fsp3) is 0.550. The van der Waals surface area contributed by atoms with E-state index in [9.17, 15) is 40.7 Å². The highest BCUT2D eigenvalue weighted by molar-refractivity contribution is 6.06. The number of nitrogens with one attached hydrogen (secondary N) is 1. The van der Waals surface area contributed by atoms with Gasteiger partial charge in [0, 0.05) is 6.07 Å². The van der Waals surface area contributed by atoms with Crippen molar-refractivity contribution in [2.24, 2.45) is 17.1 Å². The summed E-state index contributed by atoms with van der Waals surface area (Å²) in [6.07, 6.45) is -6.48. The van der Waals surface area contributed by atoms with Gasteiger partial charge in [0.1, 0.15) is 29.1 Å². The molecule has 0 unspecified atom stereocenters. The fourth-order valence-corrected chi connectivity index (χ4v) is 3.43. The highest BCUT2D eigenvalue weighted by atomic mass is 19.4. The van der Waals surface area contributed by atoms with Crippen LogP contribution in [0, 0.1) is 17.2 Å². The molecule has 3 rings (SSSR count). The van der Waals surface area contributed by atoms with Gasteiger partial charge in [-0.1, -0.05) is 0 Å². The molecule has 1 heterocycles. The number of benzene rings is 1. The van der Waals surface area contributed by atoms with Crippen LogP contribution in [0.15, 0.2) is 18.2 Å². The van der Waals surface area contributed by atoms with E-state index in [1.165, 1.54) is 0 Å². The molecular weight excluding hydrogens is 460 g/mol. The van der Waals surface area contributed by atoms with Crippen LogP contribution < -0.4 is 15.8 Å². The summed E-state index contributed by atoms with van der Waals surface area (Å²) in [5, 5.41) is 2.23.